The highest BCUT2D eigenvalue weighted by atomic mass is 28.3. The van der Waals surface area contributed by atoms with Gasteiger partial charge in [-0.2, -0.15) is 0 Å². The van der Waals surface area contributed by atoms with Crippen LogP contribution >= 0.6 is 0 Å². The highest BCUT2D eigenvalue weighted by molar-refractivity contribution is 6.89. The molecular formula is C14H24Si. The Balaban J connectivity index is 3.03. The van der Waals surface area contributed by atoms with Crippen LogP contribution in [0.5, 0.6) is 0 Å². The maximum atomic E-state index is 2.44. The normalized spacial score (nSPS) is 11.8. The van der Waals surface area contributed by atoms with E-state index < -0.39 is 8.07 Å². The van der Waals surface area contributed by atoms with E-state index in [1.807, 2.05) is 0 Å². The fourth-order valence-corrected chi connectivity index (χ4v) is 3.77. The third-order valence-corrected chi connectivity index (χ3v) is 4.97. The van der Waals surface area contributed by atoms with Crippen LogP contribution in [0.2, 0.25) is 19.6 Å². The fourth-order valence-electron chi connectivity index (χ4n) is 2.03. The minimum absolute atomic E-state index is 1.15. The van der Waals surface area contributed by atoms with E-state index in [0.717, 1.165) is 0 Å². The highest BCUT2D eigenvalue weighted by Crippen LogP contribution is 2.12. The van der Waals surface area contributed by atoms with Gasteiger partial charge < -0.3 is 0 Å². The molecule has 84 valence electrons. The lowest BCUT2D eigenvalue weighted by molar-refractivity contribution is 0.797. The van der Waals surface area contributed by atoms with E-state index >= 15 is 0 Å². The molecule has 0 atom stereocenters. The van der Waals surface area contributed by atoms with Gasteiger partial charge in [-0.05, 0) is 25.3 Å². The number of benzene rings is 1. The summed E-state index contributed by atoms with van der Waals surface area (Å²) in [6.45, 7) is 11.8. The molecule has 1 aromatic rings. The van der Waals surface area contributed by atoms with Crippen LogP contribution in [0, 0.1) is 6.92 Å². The molecule has 0 radical (unpaired) electrons. The Hall–Kier alpha value is -0.563. The molecule has 0 aromatic heterocycles. The van der Waals surface area contributed by atoms with E-state index in [2.05, 4.69) is 51.7 Å². The second kappa shape index (κ2) is 4.98. The number of unbranched alkanes of at least 4 members (excludes halogenated alkanes) is 1. The molecule has 0 aliphatic carbocycles. The molecule has 0 aliphatic heterocycles. The Morgan fingerprint density at radius 2 is 1.80 bits per heavy atom. The molecule has 0 saturated carbocycles. The van der Waals surface area contributed by atoms with Crippen molar-refractivity contribution in [2.75, 3.05) is 0 Å². The van der Waals surface area contributed by atoms with Crippen molar-refractivity contribution in [2.24, 2.45) is 0 Å². The quantitative estimate of drug-likeness (QED) is 0.676. The molecule has 0 fully saturated rings. The Morgan fingerprint density at radius 1 is 1.13 bits per heavy atom. The summed E-state index contributed by atoms with van der Waals surface area (Å²) in [7, 11) is -1.15. The summed E-state index contributed by atoms with van der Waals surface area (Å²) >= 11 is 0. The summed E-state index contributed by atoms with van der Waals surface area (Å²) < 4.78 is 0. The average molecular weight is 220 g/mol. The van der Waals surface area contributed by atoms with E-state index in [1.165, 1.54) is 24.8 Å². The predicted octanol–water partition coefficient (Wildman–Crippen LogP) is 3.88. The van der Waals surface area contributed by atoms with Crippen molar-refractivity contribution in [2.45, 2.75) is 52.8 Å². The highest BCUT2D eigenvalue weighted by Gasteiger charge is 2.19. The Kier molecular flexibility index (Phi) is 4.15. The van der Waals surface area contributed by atoms with Gasteiger partial charge in [0.1, 0.15) is 0 Å². The molecule has 1 rings (SSSR count). The van der Waals surface area contributed by atoms with Crippen LogP contribution in [0.15, 0.2) is 18.2 Å². The van der Waals surface area contributed by atoms with Crippen LogP contribution < -0.4 is 5.19 Å². The Labute approximate surface area is 95.7 Å². The van der Waals surface area contributed by atoms with E-state index in [4.69, 9.17) is 0 Å². The fraction of sp³-hybridized carbons (Fsp3) is 0.571. The predicted molar refractivity (Wildman–Crippen MR) is 72.8 cm³/mol. The van der Waals surface area contributed by atoms with Gasteiger partial charge in [0.2, 0.25) is 0 Å². The van der Waals surface area contributed by atoms with Crippen molar-refractivity contribution in [1.29, 1.82) is 0 Å². The largest absolute Gasteiger partial charge is 0.0779 e. The summed E-state index contributed by atoms with van der Waals surface area (Å²) in [6.07, 6.45) is 3.87. The molecule has 0 bridgehead atoms. The SMILES string of the molecule is CCCCc1cc(C)ccc1[Si](C)(C)C. The van der Waals surface area contributed by atoms with E-state index in [1.54, 1.807) is 10.8 Å². The van der Waals surface area contributed by atoms with Gasteiger partial charge >= 0.3 is 0 Å². The van der Waals surface area contributed by atoms with Crippen LogP contribution in [0.4, 0.5) is 0 Å². The van der Waals surface area contributed by atoms with Gasteiger partial charge in [-0.25, -0.2) is 0 Å². The molecule has 0 nitrogen and oxygen atoms in total. The molecule has 0 heterocycles. The molecule has 15 heavy (non-hydrogen) atoms. The first kappa shape index (κ1) is 12.5. The second-order valence-corrected chi connectivity index (χ2v) is 10.6. The van der Waals surface area contributed by atoms with Gasteiger partial charge in [-0.3, -0.25) is 0 Å². The van der Waals surface area contributed by atoms with Crippen LogP contribution in [0.25, 0.3) is 0 Å². The van der Waals surface area contributed by atoms with Gasteiger partial charge in [0.25, 0.3) is 0 Å². The Morgan fingerprint density at radius 3 is 2.33 bits per heavy atom. The maximum absolute atomic E-state index is 2.44. The van der Waals surface area contributed by atoms with Crippen LogP contribution in [-0.2, 0) is 6.42 Å². The first-order valence-corrected chi connectivity index (χ1v) is 9.55. The van der Waals surface area contributed by atoms with Crippen molar-refractivity contribution in [3.63, 3.8) is 0 Å². The first-order chi connectivity index (χ1) is 6.95. The van der Waals surface area contributed by atoms with Gasteiger partial charge in [0, 0.05) is 0 Å². The topological polar surface area (TPSA) is 0 Å². The van der Waals surface area contributed by atoms with E-state index in [-0.39, 0.29) is 0 Å². The minimum atomic E-state index is -1.15. The lowest BCUT2D eigenvalue weighted by Crippen LogP contribution is -2.40. The van der Waals surface area contributed by atoms with Crippen molar-refractivity contribution < 1.29 is 0 Å². The van der Waals surface area contributed by atoms with Gasteiger partial charge in [-0.15, -0.1) is 0 Å². The monoisotopic (exact) mass is 220 g/mol. The smallest absolute Gasteiger partial charge is 0.0656 e. The standard InChI is InChI=1S/C14H24Si/c1-6-7-8-13-11-12(2)9-10-14(13)15(3,4)5/h9-11H,6-8H2,1-5H3. The molecular weight excluding hydrogens is 196 g/mol. The number of hydrogen-bond acceptors (Lipinski definition) is 0. The molecule has 0 N–H and O–H groups in total. The van der Waals surface area contributed by atoms with Crippen LogP contribution in [0.3, 0.4) is 0 Å². The van der Waals surface area contributed by atoms with Crippen molar-refractivity contribution >= 4 is 13.3 Å². The molecule has 1 aromatic carbocycles. The zero-order valence-electron chi connectivity index (χ0n) is 10.9. The van der Waals surface area contributed by atoms with E-state index in [9.17, 15) is 0 Å². The molecule has 0 unspecified atom stereocenters. The van der Waals surface area contributed by atoms with Gasteiger partial charge in [0.05, 0.1) is 8.07 Å². The van der Waals surface area contributed by atoms with Crippen LogP contribution in [-0.4, -0.2) is 8.07 Å². The summed E-state index contributed by atoms with van der Waals surface area (Å²) in [5, 5.41) is 1.65. The number of rotatable bonds is 4. The lowest BCUT2D eigenvalue weighted by Gasteiger charge is -2.21. The third-order valence-electron chi connectivity index (χ3n) is 2.87. The van der Waals surface area contributed by atoms with Crippen molar-refractivity contribution in [3.05, 3.63) is 29.3 Å². The molecule has 0 amide bonds. The lowest BCUT2D eigenvalue weighted by atomic mass is 10.1. The van der Waals surface area contributed by atoms with Gasteiger partial charge in [0.15, 0.2) is 0 Å². The van der Waals surface area contributed by atoms with Crippen molar-refractivity contribution in [1.82, 2.24) is 0 Å². The van der Waals surface area contributed by atoms with E-state index in [0.29, 0.717) is 0 Å². The molecule has 0 saturated heterocycles. The zero-order chi connectivity index (χ0) is 11.5. The zero-order valence-corrected chi connectivity index (χ0v) is 11.9. The number of aryl methyl sites for hydroxylation is 2. The summed E-state index contributed by atoms with van der Waals surface area (Å²) in [5.74, 6) is 0. The van der Waals surface area contributed by atoms with Crippen molar-refractivity contribution in [3.8, 4) is 0 Å². The first-order valence-electron chi connectivity index (χ1n) is 6.05. The minimum Gasteiger partial charge on any atom is -0.0656 e. The molecule has 0 aliphatic rings. The maximum Gasteiger partial charge on any atom is 0.0779 e. The Bertz CT molecular complexity index is 321. The summed E-state index contributed by atoms with van der Waals surface area (Å²) in [6, 6.07) is 7.03. The van der Waals surface area contributed by atoms with Crippen LogP contribution in [0.1, 0.15) is 30.9 Å². The average Bonchev–Trinajstić information content (AvgIpc) is 2.12. The summed E-state index contributed by atoms with van der Waals surface area (Å²) in [5.41, 5.74) is 3.01. The van der Waals surface area contributed by atoms with Gasteiger partial charge in [-0.1, -0.05) is 61.9 Å². The summed E-state index contributed by atoms with van der Waals surface area (Å²) in [4.78, 5) is 0. The number of hydrogen-bond donors (Lipinski definition) is 0. The second-order valence-electron chi connectivity index (χ2n) is 5.51. The third kappa shape index (κ3) is 3.49. The molecule has 0 spiro atoms. The molecule has 1 heteroatoms.